The Balaban J connectivity index is 0.00000264. The van der Waals surface area contributed by atoms with Crippen LogP contribution in [0.3, 0.4) is 0 Å². The van der Waals surface area contributed by atoms with Gasteiger partial charge in [0, 0.05) is 24.2 Å². The van der Waals surface area contributed by atoms with Gasteiger partial charge in [0.2, 0.25) is 0 Å². The van der Waals surface area contributed by atoms with Crippen molar-refractivity contribution < 1.29 is 22.4 Å². The summed E-state index contributed by atoms with van der Waals surface area (Å²) in [6.07, 6.45) is -2.41. The molecule has 0 aromatic heterocycles. The van der Waals surface area contributed by atoms with Gasteiger partial charge in [0.1, 0.15) is 5.82 Å². The van der Waals surface area contributed by atoms with Crippen molar-refractivity contribution in [2.75, 3.05) is 6.54 Å². The molecule has 130 valence electrons. The van der Waals surface area contributed by atoms with Crippen molar-refractivity contribution in [1.29, 1.82) is 0 Å². The summed E-state index contributed by atoms with van der Waals surface area (Å²) in [6, 6.07) is 1.86. The Labute approximate surface area is 138 Å². The number of benzene rings is 1. The molecule has 1 fully saturated rings. The minimum atomic E-state index is -4.83. The van der Waals surface area contributed by atoms with Gasteiger partial charge < -0.3 is 10.6 Å². The van der Waals surface area contributed by atoms with E-state index >= 15 is 0 Å². The van der Waals surface area contributed by atoms with Crippen molar-refractivity contribution in [2.24, 2.45) is 5.73 Å². The van der Waals surface area contributed by atoms with Crippen LogP contribution >= 0.6 is 12.4 Å². The number of carbonyl (C=O) groups is 1. The first kappa shape index (κ1) is 19.7. The van der Waals surface area contributed by atoms with Gasteiger partial charge in [0.15, 0.2) is 0 Å². The van der Waals surface area contributed by atoms with E-state index in [4.69, 9.17) is 5.73 Å². The van der Waals surface area contributed by atoms with Crippen molar-refractivity contribution in [3.05, 3.63) is 35.1 Å². The second-order valence-electron chi connectivity index (χ2n) is 5.61. The van der Waals surface area contributed by atoms with E-state index < -0.39 is 23.5 Å². The van der Waals surface area contributed by atoms with Crippen LogP contribution in [0.15, 0.2) is 18.2 Å². The molecule has 1 aromatic rings. The van der Waals surface area contributed by atoms with Gasteiger partial charge in [-0.2, -0.15) is 13.2 Å². The molecular formula is C15H19ClF4N2O. The number of carbonyl (C=O) groups excluding carboxylic acids is 1. The third kappa shape index (κ3) is 4.35. The highest BCUT2D eigenvalue weighted by Crippen LogP contribution is 2.32. The number of nitrogens with two attached hydrogens (primary N) is 1. The first-order valence-corrected chi connectivity index (χ1v) is 7.15. The van der Waals surface area contributed by atoms with Crippen LogP contribution in [0.2, 0.25) is 0 Å². The van der Waals surface area contributed by atoms with Gasteiger partial charge in [-0.25, -0.2) is 4.39 Å². The predicted molar refractivity (Wildman–Crippen MR) is 81.0 cm³/mol. The summed E-state index contributed by atoms with van der Waals surface area (Å²) >= 11 is 0. The molecule has 23 heavy (non-hydrogen) atoms. The first-order valence-electron chi connectivity index (χ1n) is 7.15. The molecule has 2 N–H and O–H groups in total. The number of hydrogen-bond donors (Lipinski definition) is 1. The molecule has 1 heterocycles. The number of alkyl halides is 3. The van der Waals surface area contributed by atoms with Gasteiger partial charge in [-0.15, -0.1) is 12.4 Å². The Morgan fingerprint density at radius 2 is 2.00 bits per heavy atom. The Hall–Kier alpha value is -1.34. The monoisotopic (exact) mass is 354 g/mol. The molecule has 1 aliphatic rings. The average molecular weight is 355 g/mol. The number of amides is 1. The summed E-state index contributed by atoms with van der Waals surface area (Å²) in [5.74, 6) is -1.92. The number of halogens is 5. The molecule has 3 nitrogen and oxygen atoms in total. The zero-order chi connectivity index (χ0) is 16.5. The summed E-state index contributed by atoms with van der Waals surface area (Å²) in [7, 11) is 0. The maximum absolute atomic E-state index is 13.3. The first-order chi connectivity index (χ1) is 10.2. The minimum Gasteiger partial charge on any atom is -0.334 e. The fourth-order valence-corrected chi connectivity index (χ4v) is 2.80. The normalized spacial score (nSPS) is 19.9. The molecule has 0 spiro atoms. The standard InChI is InChI=1S/C15H18F4N2O.ClH/c1-9(20)13-4-2-3-7-21(13)14(22)10-5-6-12(16)11(8-10)15(17,18)19;/h5-6,8-9,13H,2-4,7,20H2,1H3;1H. The molecule has 2 rings (SSSR count). The molecular weight excluding hydrogens is 336 g/mol. The predicted octanol–water partition coefficient (Wildman–Crippen LogP) is 3.61. The van der Waals surface area contributed by atoms with Gasteiger partial charge in [0.05, 0.1) is 5.56 Å². The highest BCUT2D eigenvalue weighted by atomic mass is 35.5. The third-order valence-electron chi connectivity index (χ3n) is 3.94. The summed E-state index contributed by atoms with van der Waals surface area (Å²) in [5, 5.41) is 0. The Morgan fingerprint density at radius 1 is 1.35 bits per heavy atom. The molecule has 8 heteroatoms. The maximum Gasteiger partial charge on any atom is 0.419 e. The molecule has 0 aliphatic carbocycles. The zero-order valence-corrected chi connectivity index (χ0v) is 13.4. The quantitative estimate of drug-likeness (QED) is 0.825. The molecule has 2 atom stereocenters. The van der Waals surface area contributed by atoms with E-state index in [9.17, 15) is 22.4 Å². The van der Waals surface area contributed by atoms with Crippen LogP contribution in [0.1, 0.15) is 42.1 Å². The lowest BCUT2D eigenvalue weighted by atomic mass is 9.95. The largest absolute Gasteiger partial charge is 0.419 e. The van der Waals surface area contributed by atoms with E-state index in [0.717, 1.165) is 25.3 Å². The number of hydrogen-bond acceptors (Lipinski definition) is 2. The van der Waals surface area contributed by atoms with Crippen molar-refractivity contribution >= 4 is 18.3 Å². The highest BCUT2D eigenvalue weighted by molar-refractivity contribution is 5.94. The van der Waals surface area contributed by atoms with Gasteiger partial charge in [-0.3, -0.25) is 4.79 Å². The van der Waals surface area contributed by atoms with E-state index in [1.165, 1.54) is 4.90 Å². The number of nitrogens with zero attached hydrogens (tertiary/aromatic N) is 1. The molecule has 0 radical (unpaired) electrons. The van der Waals surface area contributed by atoms with Gasteiger partial charge in [0.25, 0.3) is 5.91 Å². The van der Waals surface area contributed by atoms with E-state index in [1.807, 2.05) is 0 Å². The van der Waals surface area contributed by atoms with Crippen molar-refractivity contribution in [3.63, 3.8) is 0 Å². The average Bonchev–Trinajstić information content (AvgIpc) is 2.45. The number of likely N-dealkylation sites (tertiary alicyclic amines) is 1. The van der Waals surface area contributed by atoms with Crippen LogP contribution in [0.5, 0.6) is 0 Å². The Morgan fingerprint density at radius 3 is 2.57 bits per heavy atom. The Bertz CT molecular complexity index is 563. The molecule has 0 bridgehead atoms. The second kappa shape index (κ2) is 7.49. The van der Waals surface area contributed by atoms with Crippen LogP contribution in [0.25, 0.3) is 0 Å². The summed E-state index contributed by atoms with van der Waals surface area (Å²) < 4.78 is 51.6. The van der Waals surface area contributed by atoms with Gasteiger partial charge >= 0.3 is 6.18 Å². The SMILES string of the molecule is CC(N)C1CCCCN1C(=O)c1ccc(F)c(C(F)(F)F)c1.Cl. The molecule has 1 amide bonds. The lowest BCUT2D eigenvalue weighted by Gasteiger charge is -2.38. The molecule has 0 saturated carbocycles. The Kier molecular flexibility index (Phi) is 6.41. The van der Waals surface area contributed by atoms with Crippen LogP contribution in [-0.2, 0) is 6.18 Å². The van der Waals surface area contributed by atoms with Crippen LogP contribution < -0.4 is 5.73 Å². The van der Waals surface area contributed by atoms with E-state index in [-0.39, 0.29) is 30.1 Å². The smallest absolute Gasteiger partial charge is 0.334 e. The lowest BCUT2D eigenvalue weighted by Crippen LogP contribution is -2.51. The van der Waals surface area contributed by atoms with E-state index in [0.29, 0.717) is 18.7 Å². The second-order valence-corrected chi connectivity index (χ2v) is 5.61. The number of rotatable bonds is 2. The minimum absolute atomic E-state index is 0. The molecule has 1 aromatic carbocycles. The van der Waals surface area contributed by atoms with Crippen molar-refractivity contribution in [1.82, 2.24) is 4.90 Å². The maximum atomic E-state index is 13.3. The third-order valence-corrected chi connectivity index (χ3v) is 3.94. The number of piperidine rings is 1. The van der Waals surface area contributed by atoms with Crippen LogP contribution in [0.4, 0.5) is 17.6 Å². The van der Waals surface area contributed by atoms with Gasteiger partial charge in [-0.05, 0) is 44.4 Å². The molecule has 1 saturated heterocycles. The summed E-state index contributed by atoms with van der Waals surface area (Å²) in [5.41, 5.74) is 4.27. The fraction of sp³-hybridized carbons (Fsp3) is 0.533. The summed E-state index contributed by atoms with van der Waals surface area (Å²) in [4.78, 5) is 14.0. The fourth-order valence-electron chi connectivity index (χ4n) is 2.80. The summed E-state index contributed by atoms with van der Waals surface area (Å²) in [6.45, 7) is 2.21. The van der Waals surface area contributed by atoms with Crippen molar-refractivity contribution in [3.8, 4) is 0 Å². The van der Waals surface area contributed by atoms with Crippen molar-refractivity contribution in [2.45, 2.75) is 44.4 Å². The molecule has 1 aliphatic heterocycles. The lowest BCUT2D eigenvalue weighted by molar-refractivity contribution is -0.140. The van der Waals surface area contributed by atoms with Crippen LogP contribution in [-0.4, -0.2) is 29.4 Å². The van der Waals surface area contributed by atoms with E-state index in [2.05, 4.69) is 0 Å². The van der Waals surface area contributed by atoms with Gasteiger partial charge in [-0.1, -0.05) is 0 Å². The van der Waals surface area contributed by atoms with E-state index in [1.54, 1.807) is 6.92 Å². The molecule has 2 unspecified atom stereocenters. The zero-order valence-electron chi connectivity index (χ0n) is 12.6. The topological polar surface area (TPSA) is 46.3 Å². The highest BCUT2D eigenvalue weighted by Gasteiger charge is 2.36. The van der Waals surface area contributed by atoms with Crippen LogP contribution in [0, 0.1) is 5.82 Å².